The molecule has 1 saturated heterocycles. The van der Waals surface area contributed by atoms with Gasteiger partial charge in [-0.05, 0) is 6.07 Å². The van der Waals surface area contributed by atoms with E-state index in [1.54, 1.807) is 6.07 Å². The molecule has 5 heteroatoms. The van der Waals surface area contributed by atoms with Crippen molar-refractivity contribution in [3.8, 4) is 0 Å². The van der Waals surface area contributed by atoms with Gasteiger partial charge in [0, 0.05) is 36.2 Å². The average Bonchev–Trinajstić information content (AvgIpc) is 2.22. The van der Waals surface area contributed by atoms with Gasteiger partial charge in [0.05, 0.1) is 0 Å². The average molecular weight is 277 g/mol. The van der Waals surface area contributed by atoms with Crippen LogP contribution in [0.1, 0.15) is 12.5 Å². The second-order valence-electron chi connectivity index (χ2n) is 4.00. The molecule has 1 aliphatic heterocycles. The lowest BCUT2D eigenvalue weighted by molar-refractivity contribution is 0.278. The van der Waals surface area contributed by atoms with Crippen LogP contribution in [0.25, 0.3) is 0 Å². The Morgan fingerprint density at radius 1 is 1.50 bits per heavy atom. The van der Waals surface area contributed by atoms with E-state index < -0.39 is 0 Å². The maximum atomic E-state index is 6.06. The summed E-state index contributed by atoms with van der Waals surface area (Å²) in [5.41, 5.74) is 1.06. The van der Waals surface area contributed by atoms with Gasteiger partial charge in [0.2, 0.25) is 0 Å². The molecule has 0 N–H and O–H groups in total. The molecule has 2 rings (SSSR count). The lowest BCUT2D eigenvalue weighted by atomic mass is 10.2. The van der Waals surface area contributed by atoms with Crippen LogP contribution in [-0.4, -0.2) is 34.0 Å². The van der Waals surface area contributed by atoms with E-state index >= 15 is 0 Å². The predicted octanol–water partition coefficient (Wildman–Crippen LogP) is 3.33. The lowest BCUT2D eigenvalue weighted by Crippen LogP contribution is -2.36. The fourth-order valence-electron chi connectivity index (χ4n) is 1.83. The van der Waals surface area contributed by atoms with E-state index in [0.29, 0.717) is 15.6 Å². The molecule has 88 valence electrons. The zero-order valence-corrected chi connectivity index (χ0v) is 11.4. The molecular weight excluding hydrogens is 263 g/mol. The third kappa shape index (κ3) is 3.27. The molecule has 2 heterocycles. The van der Waals surface area contributed by atoms with Crippen molar-refractivity contribution >= 4 is 35.0 Å². The highest BCUT2D eigenvalue weighted by molar-refractivity contribution is 7.99. The molecule has 16 heavy (non-hydrogen) atoms. The van der Waals surface area contributed by atoms with Crippen molar-refractivity contribution in [2.45, 2.75) is 18.7 Å². The molecule has 0 spiro atoms. The van der Waals surface area contributed by atoms with Gasteiger partial charge >= 0.3 is 0 Å². The van der Waals surface area contributed by atoms with Gasteiger partial charge in [0.15, 0.2) is 0 Å². The first kappa shape index (κ1) is 12.5. The number of hydrogen-bond donors (Lipinski definition) is 0. The number of aromatic nitrogens is 1. The number of hydrogen-bond acceptors (Lipinski definition) is 3. The van der Waals surface area contributed by atoms with Gasteiger partial charge in [-0.2, -0.15) is 11.8 Å². The lowest BCUT2D eigenvalue weighted by Gasteiger charge is -2.30. The fourth-order valence-corrected chi connectivity index (χ4v) is 3.32. The van der Waals surface area contributed by atoms with Crippen LogP contribution in [0.5, 0.6) is 0 Å². The van der Waals surface area contributed by atoms with Crippen LogP contribution in [0.4, 0.5) is 0 Å². The van der Waals surface area contributed by atoms with E-state index in [0.717, 1.165) is 25.2 Å². The zero-order valence-electron chi connectivity index (χ0n) is 9.12. The molecule has 1 unspecified atom stereocenters. The standard InChI is InChI=1S/C11H14Cl2N2S/c1-8-6-15(4-5-16-8)7-9-2-3-10(12)14-11(9)13/h2-3,8H,4-7H2,1H3. The monoisotopic (exact) mass is 276 g/mol. The number of rotatable bonds is 2. The normalized spacial score (nSPS) is 22.3. The number of nitrogens with zero attached hydrogens (tertiary/aromatic N) is 2. The first-order valence-corrected chi connectivity index (χ1v) is 7.10. The minimum Gasteiger partial charge on any atom is -0.297 e. The van der Waals surface area contributed by atoms with E-state index in [9.17, 15) is 0 Å². The third-order valence-corrected chi connectivity index (χ3v) is 4.29. The van der Waals surface area contributed by atoms with Crippen LogP contribution >= 0.6 is 35.0 Å². The highest BCUT2D eigenvalue weighted by atomic mass is 35.5. The molecule has 1 atom stereocenters. The molecule has 0 amide bonds. The van der Waals surface area contributed by atoms with Crippen molar-refractivity contribution in [1.82, 2.24) is 9.88 Å². The summed E-state index contributed by atoms with van der Waals surface area (Å²) >= 11 is 13.9. The molecule has 1 aliphatic rings. The quantitative estimate of drug-likeness (QED) is 0.771. The molecule has 1 fully saturated rings. The second kappa shape index (κ2) is 5.58. The van der Waals surface area contributed by atoms with Gasteiger partial charge in [-0.15, -0.1) is 0 Å². The molecule has 0 aliphatic carbocycles. The molecule has 1 aromatic rings. The Morgan fingerprint density at radius 2 is 2.31 bits per heavy atom. The van der Waals surface area contributed by atoms with Crippen molar-refractivity contribution in [3.63, 3.8) is 0 Å². The van der Waals surface area contributed by atoms with Crippen LogP contribution in [0.3, 0.4) is 0 Å². The van der Waals surface area contributed by atoms with E-state index in [1.807, 2.05) is 17.8 Å². The van der Waals surface area contributed by atoms with Crippen molar-refractivity contribution < 1.29 is 0 Å². The van der Waals surface area contributed by atoms with Crippen LogP contribution in [-0.2, 0) is 6.54 Å². The topological polar surface area (TPSA) is 16.1 Å². The summed E-state index contributed by atoms with van der Waals surface area (Å²) in [7, 11) is 0. The van der Waals surface area contributed by atoms with Gasteiger partial charge < -0.3 is 0 Å². The summed E-state index contributed by atoms with van der Waals surface area (Å²) < 4.78 is 0. The smallest absolute Gasteiger partial charge is 0.135 e. The van der Waals surface area contributed by atoms with E-state index in [1.165, 1.54) is 5.75 Å². The predicted molar refractivity (Wildman–Crippen MR) is 71.5 cm³/mol. The SMILES string of the molecule is CC1CN(Cc2ccc(Cl)nc2Cl)CCS1. The number of pyridine rings is 1. The van der Waals surface area contributed by atoms with Gasteiger partial charge in [-0.25, -0.2) is 4.98 Å². The summed E-state index contributed by atoms with van der Waals surface area (Å²) in [6.45, 7) is 5.37. The maximum Gasteiger partial charge on any atom is 0.135 e. The molecule has 0 bridgehead atoms. The van der Waals surface area contributed by atoms with E-state index in [-0.39, 0.29) is 0 Å². The Hall–Kier alpha value is 0.0400. The second-order valence-corrected chi connectivity index (χ2v) is 6.29. The van der Waals surface area contributed by atoms with Crippen LogP contribution < -0.4 is 0 Å². The summed E-state index contributed by atoms with van der Waals surface area (Å²) in [6, 6.07) is 3.76. The minimum atomic E-state index is 0.455. The molecular formula is C11H14Cl2N2S. The Bertz CT molecular complexity index is 373. The number of thioether (sulfide) groups is 1. The van der Waals surface area contributed by atoms with Crippen LogP contribution in [0.2, 0.25) is 10.3 Å². The van der Waals surface area contributed by atoms with Crippen molar-refractivity contribution in [3.05, 3.63) is 28.0 Å². The number of halogens is 2. The molecule has 0 aromatic carbocycles. The van der Waals surface area contributed by atoms with Gasteiger partial charge in [-0.3, -0.25) is 4.90 Å². The van der Waals surface area contributed by atoms with Crippen molar-refractivity contribution in [1.29, 1.82) is 0 Å². The highest BCUT2D eigenvalue weighted by Crippen LogP contribution is 2.22. The van der Waals surface area contributed by atoms with Crippen LogP contribution in [0.15, 0.2) is 12.1 Å². The molecule has 0 saturated carbocycles. The first-order chi connectivity index (χ1) is 7.65. The summed E-state index contributed by atoms with van der Waals surface area (Å²) in [5, 5.41) is 1.68. The maximum absolute atomic E-state index is 6.06. The Kier molecular flexibility index (Phi) is 4.36. The molecule has 0 radical (unpaired) electrons. The summed E-state index contributed by atoms with van der Waals surface area (Å²) in [5.74, 6) is 1.19. The van der Waals surface area contributed by atoms with Gasteiger partial charge in [0.25, 0.3) is 0 Å². The molecule has 1 aromatic heterocycles. The van der Waals surface area contributed by atoms with Crippen LogP contribution in [0, 0.1) is 0 Å². The first-order valence-electron chi connectivity index (χ1n) is 5.30. The van der Waals surface area contributed by atoms with E-state index in [2.05, 4.69) is 16.8 Å². The van der Waals surface area contributed by atoms with Gasteiger partial charge in [-0.1, -0.05) is 36.2 Å². The largest absolute Gasteiger partial charge is 0.297 e. The molecule has 2 nitrogen and oxygen atoms in total. The summed E-state index contributed by atoms with van der Waals surface area (Å²) in [4.78, 5) is 6.47. The van der Waals surface area contributed by atoms with Gasteiger partial charge in [0.1, 0.15) is 10.3 Å². The Labute approximate surface area is 110 Å². The van der Waals surface area contributed by atoms with E-state index in [4.69, 9.17) is 23.2 Å². The van der Waals surface area contributed by atoms with Crippen molar-refractivity contribution in [2.75, 3.05) is 18.8 Å². The Morgan fingerprint density at radius 3 is 3.00 bits per heavy atom. The van der Waals surface area contributed by atoms with Crippen molar-refractivity contribution in [2.24, 2.45) is 0 Å². The third-order valence-electron chi connectivity index (χ3n) is 2.61. The fraction of sp³-hybridized carbons (Fsp3) is 0.545. The minimum absolute atomic E-state index is 0.455. The Balaban J connectivity index is 2.02. The highest BCUT2D eigenvalue weighted by Gasteiger charge is 2.17. The summed E-state index contributed by atoms with van der Waals surface area (Å²) in [6.07, 6.45) is 0. The zero-order chi connectivity index (χ0) is 11.5.